The minimum atomic E-state index is -1.78. The first-order valence-electron chi connectivity index (χ1n) is 12.4. The van der Waals surface area contributed by atoms with Gasteiger partial charge < -0.3 is 23.8 Å². The van der Waals surface area contributed by atoms with E-state index in [-0.39, 0.29) is 19.1 Å². The van der Waals surface area contributed by atoms with Crippen LogP contribution >= 0.6 is 20.3 Å². The van der Waals surface area contributed by atoms with Gasteiger partial charge in [-0.15, -0.1) is 9.55 Å². The summed E-state index contributed by atoms with van der Waals surface area (Å²) in [6.07, 6.45) is -0.761. The molecule has 1 amide bonds. The predicted octanol–water partition coefficient (Wildman–Crippen LogP) is 4.77. The standard InChI is InChI=1S/C26H32N5O6PS/c1-6-39-24-28-29-30-31(24)38(34-5)36-16-22(23(32)37-26(2,3)4)27-25(33)35-15-21-19-13-9-7-11-17(19)18-12-8-10-14-20(18)21/h7-14,21-22H,6,15-16H2,1-5H3,(H,27,33)/t22-,38?/m0/s1. The van der Waals surface area contributed by atoms with Gasteiger partial charge in [0.25, 0.3) is 0 Å². The first-order chi connectivity index (χ1) is 18.7. The lowest BCUT2D eigenvalue weighted by molar-refractivity contribution is -0.158. The number of amides is 1. The van der Waals surface area contributed by atoms with Gasteiger partial charge in [0.1, 0.15) is 12.2 Å². The molecule has 0 aliphatic heterocycles. The van der Waals surface area contributed by atoms with E-state index in [2.05, 4.69) is 33.0 Å². The molecule has 3 aromatic rings. The summed E-state index contributed by atoms with van der Waals surface area (Å²) < 4.78 is 23.9. The van der Waals surface area contributed by atoms with Gasteiger partial charge in [0.05, 0.1) is 6.61 Å². The monoisotopic (exact) mass is 573 g/mol. The number of alkyl carbamates (subject to hydrolysis) is 1. The second-order valence-corrected chi connectivity index (χ2v) is 12.3. The topological polar surface area (TPSA) is 127 Å². The second kappa shape index (κ2) is 12.9. The molecule has 1 N–H and O–H groups in total. The van der Waals surface area contributed by atoms with Crippen molar-refractivity contribution in [2.24, 2.45) is 0 Å². The molecule has 1 aromatic heterocycles. The van der Waals surface area contributed by atoms with Crippen molar-refractivity contribution in [1.82, 2.24) is 25.3 Å². The Labute approximate surface area is 232 Å². The zero-order chi connectivity index (χ0) is 28.0. The molecule has 0 spiro atoms. The molecule has 4 rings (SSSR count). The molecule has 0 saturated heterocycles. The van der Waals surface area contributed by atoms with Gasteiger partial charge in [-0.1, -0.05) is 67.2 Å². The van der Waals surface area contributed by atoms with Crippen molar-refractivity contribution >= 4 is 32.4 Å². The van der Waals surface area contributed by atoms with Crippen LogP contribution in [0.25, 0.3) is 11.1 Å². The molecule has 0 bridgehead atoms. The number of ether oxygens (including phenoxy) is 2. The molecule has 1 heterocycles. The summed E-state index contributed by atoms with van der Waals surface area (Å²) in [6.45, 7) is 7.06. The number of hydrogen-bond acceptors (Lipinski definition) is 10. The van der Waals surface area contributed by atoms with Gasteiger partial charge in [0.15, 0.2) is 6.04 Å². The molecule has 1 aliphatic carbocycles. The van der Waals surface area contributed by atoms with Gasteiger partial charge in [-0.2, -0.15) is 0 Å². The number of esters is 1. The van der Waals surface area contributed by atoms with Crippen LogP contribution in [0.3, 0.4) is 0 Å². The fourth-order valence-corrected chi connectivity index (χ4v) is 5.94. The van der Waals surface area contributed by atoms with Crippen molar-refractivity contribution in [1.29, 1.82) is 0 Å². The Morgan fingerprint density at radius 1 is 1.10 bits per heavy atom. The highest BCUT2D eigenvalue weighted by molar-refractivity contribution is 7.99. The molecular formula is C26H32N5O6PS. The lowest BCUT2D eigenvalue weighted by Gasteiger charge is -2.25. The van der Waals surface area contributed by atoms with Crippen molar-refractivity contribution in [2.75, 3.05) is 26.1 Å². The molecule has 0 saturated carbocycles. The van der Waals surface area contributed by atoms with E-state index in [0.717, 1.165) is 28.0 Å². The first kappa shape index (κ1) is 28.9. The largest absolute Gasteiger partial charge is 0.458 e. The summed E-state index contributed by atoms with van der Waals surface area (Å²) in [7, 11) is -0.324. The number of nitrogens with one attached hydrogen (secondary N) is 1. The van der Waals surface area contributed by atoms with Gasteiger partial charge in [0, 0.05) is 13.0 Å². The Morgan fingerprint density at radius 3 is 2.33 bits per heavy atom. The maximum atomic E-state index is 13.0. The van der Waals surface area contributed by atoms with Crippen LogP contribution in [0, 0.1) is 0 Å². The number of carbonyl (C=O) groups is 2. The van der Waals surface area contributed by atoms with Crippen molar-refractivity contribution < 1.29 is 28.1 Å². The Morgan fingerprint density at radius 2 is 1.74 bits per heavy atom. The Kier molecular flexibility index (Phi) is 9.55. The van der Waals surface area contributed by atoms with Crippen molar-refractivity contribution in [3.05, 3.63) is 59.7 Å². The summed E-state index contributed by atoms with van der Waals surface area (Å²) in [4.78, 5) is 25.9. The number of benzene rings is 2. The molecule has 2 atom stereocenters. The van der Waals surface area contributed by atoms with E-state index in [1.807, 2.05) is 43.3 Å². The zero-order valence-corrected chi connectivity index (χ0v) is 24.2. The SMILES string of the molecule is CCSc1nnnn1P(OC)OC[C@H](NC(=O)OCC1c2ccccc2-c2ccccc21)C(=O)OC(C)(C)C. The fraction of sp³-hybridized carbons (Fsp3) is 0.423. The van der Waals surface area contributed by atoms with E-state index in [1.165, 1.54) is 23.3 Å². The number of rotatable bonds is 11. The van der Waals surface area contributed by atoms with Crippen LogP contribution in [0.4, 0.5) is 4.79 Å². The van der Waals surface area contributed by atoms with E-state index in [4.69, 9.17) is 18.5 Å². The Balaban J connectivity index is 1.44. The molecule has 39 heavy (non-hydrogen) atoms. The number of thioether (sulfide) groups is 1. The number of fused-ring (bicyclic) bond motifs is 3. The molecule has 1 aliphatic rings. The molecule has 13 heteroatoms. The highest BCUT2D eigenvalue weighted by atomic mass is 32.2. The third-order valence-corrected chi connectivity index (χ3v) is 7.89. The third-order valence-electron chi connectivity index (χ3n) is 5.69. The van der Waals surface area contributed by atoms with E-state index in [1.54, 1.807) is 20.8 Å². The maximum Gasteiger partial charge on any atom is 0.407 e. The molecule has 1 unspecified atom stereocenters. The number of tetrazole rings is 1. The first-order valence-corrected chi connectivity index (χ1v) is 14.6. The second-order valence-electron chi connectivity index (χ2n) is 9.56. The summed E-state index contributed by atoms with van der Waals surface area (Å²) >= 11 is 1.42. The van der Waals surface area contributed by atoms with Crippen LogP contribution in [0.15, 0.2) is 53.7 Å². The van der Waals surface area contributed by atoms with Crippen LogP contribution in [0.1, 0.15) is 44.7 Å². The van der Waals surface area contributed by atoms with Crippen LogP contribution in [-0.2, 0) is 23.3 Å². The molecule has 11 nitrogen and oxygen atoms in total. The number of hydrogen-bond donors (Lipinski definition) is 1. The molecule has 0 radical (unpaired) electrons. The Hall–Kier alpha value is -3.05. The average Bonchev–Trinajstić information content (AvgIpc) is 3.49. The quantitative estimate of drug-likeness (QED) is 0.195. The lowest BCUT2D eigenvalue weighted by atomic mass is 9.98. The number of carbonyl (C=O) groups excluding carboxylic acids is 2. The van der Waals surface area contributed by atoms with Crippen molar-refractivity contribution in [2.45, 2.75) is 50.4 Å². The fourth-order valence-electron chi connectivity index (χ4n) is 4.14. The average molecular weight is 574 g/mol. The lowest BCUT2D eigenvalue weighted by Crippen LogP contribution is -2.47. The summed E-state index contributed by atoms with van der Waals surface area (Å²) in [5.41, 5.74) is 3.65. The van der Waals surface area contributed by atoms with E-state index in [9.17, 15) is 9.59 Å². The summed E-state index contributed by atoms with van der Waals surface area (Å²) in [5, 5.41) is 14.7. The number of aromatic nitrogens is 4. The van der Waals surface area contributed by atoms with Gasteiger partial charge in [0.2, 0.25) is 5.16 Å². The molecule has 2 aromatic carbocycles. The minimum Gasteiger partial charge on any atom is -0.458 e. The highest BCUT2D eigenvalue weighted by Gasteiger charge is 2.32. The van der Waals surface area contributed by atoms with Gasteiger partial charge in [-0.05, 0) is 59.2 Å². The van der Waals surface area contributed by atoms with Crippen LogP contribution < -0.4 is 5.32 Å². The van der Waals surface area contributed by atoms with Crippen LogP contribution in [-0.4, -0.2) is 69.8 Å². The summed E-state index contributed by atoms with van der Waals surface area (Å²) in [6, 6.07) is 15.0. The minimum absolute atomic E-state index is 0.106. The third kappa shape index (κ3) is 7.13. The predicted molar refractivity (Wildman–Crippen MR) is 147 cm³/mol. The zero-order valence-electron chi connectivity index (χ0n) is 22.5. The molecular weight excluding hydrogens is 541 g/mol. The van der Waals surface area contributed by atoms with Gasteiger partial charge in [-0.25, -0.2) is 9.59 Å². The Bertz CT molecular complexity index is 1250. The van der Waals surface area contributed by atoms with Crippen molar-refractivity contribution in [3.63, 3.8) is 0 Å². The molecule has 208 valence electrons. The van der Waals surface area contributed by atoms with Gasteiger partial charge >= 0.3 is 20.6 Å². The smallest absolute Gasteiger partial charge is 0.407 e. The van der Waals surface area contributed by atoms with E-state index < -0.39 is 32.2 Å². The van der Waals surface area contributed by atoms with Crippen LogP contribution in [0.2, 0.25) is 0 Å². The van der Waals surface area contributed by atoms with E-state index >= 15 is 0 Å². The highest BCUT2D eigenvalue weighted by Crippen LogP contribution is 2.44. The van der Waals surface area contributed by atoms with E-state index in [0.29, 0.717) is 5.16 Å². The van der Waals surface area contributed by atoms with Crippen LogP contribution in [0.5, 0.6) is 0 Å². The maximum absolute atomic E-state index is 13.0. The summed E-state index contributed by atoms with van der Waals surface area (Å²) in [5.74, 6) is -0.0335. The molecule has 0 fully saturated rings. The normalized spacial score (nSPS) is 14.3. The van der Waals surface area contributed by atoms with Gasteiger partial charge in [-0.3, -0.25) is 0 Å². The number of nitrogens with zero attached hydrogens (tertiary/aromatic N) is 4. The van der Waals surface area contributed by atoms with Crippen molar-refractivity contribution in [3.8, 4) is 11.1 Å².